The molecule has 1 N–H and O–H groups in total. The van der Waals surface area contributed by atoms with E-state index in [1.54, 1.807) is 11.0 Å². The SMILES string of the molecule is CS(=O)(=O)NC[C@]12COC[C@H]1CN(C(=O)c1cccc(F)c1)C2. The lowest BCUT2D eigenvalue weighted by molar-refractivity contribution is 0.0721. The lowest BCUT2D eigenvalue weighted by Crippen LogP contribution is -2.43. The molecule has 2 fully saturated rings. The van der Waals surface area contributed by atoms with E-state index in [0.29, 0.717) is 31.9 Å². The quantitative estimate of drug-likeness (QED) is 0.863. The third-order valence-corrected chi connectivity index (χ3v) is 5.24. The van der Waals surface area contributed by atoms with Gasteiger partial charge >= 0.3 is 0 Å². The van der Waals surface area contributed by atoms with Gasteiger partial charge in [0.15, 0.2) is 0 Å². The first-order valence-corrected chi connectivity index (χ1v) is 9.25. The summed E-state index contributed by atoms with van der Waals surface area (Å²) in [5.74, 6) is -0.612. The van der Waals surface area contributed by atoms with Crippen LogP contribution in [0.5, 0.6) is 0 Å². The molecule has 2 heterocycles. The fourth-order valence-corrected chi connectivity index (χ4v) is 3.87. The Balaban J connectivity index is 1.76. The van der Waals surface area contributed by atoms with Crippen molar-refractivity contribution >= 4 is 15.9 Å². The van der Waals surface area contributed by atoms with E-state index < -0.39 is 21.3 Å². The number of hydrogen-bond acceptors (Lipinski definition) is 4. The van der Waals surface area contributed by atoms with Crippen molar-refractivity contribution in [1.82, 2.24) is 9.62 Å². The van der Waals surface area contributed by atoms with E-state index in [1.165, 1.54) is 18.2 Å². The lowest BCUT2D eigenvalue weighted by atomic mass is 9.81. The van der Waals surface area contributed by atoms with E-state index in [9.17, 15) is 17.6 Å². The van der Waals surface area contributed by atoms with Gasteiger partial charge in [-0.25, -0.2) is 17.5 Å². The van der Waals surface area contributed by atoms with E-state index in [1.807, 2.05) is 0 Å². The topological polar surface area (TPSA) is 75.7 Å². The molecule has 2 aliphatic heterocycles. The van der Waals surface area contributed by atoms with E-state index in [-0.39, 0.29) is 18.4 Å². The minimum atomic E-state index is -3.31. The number of benzene rings is 1. The van der Waals surface area contributed by atoms with Gasteiger partial charge in [-0.3, -0.25) is 4.79 Å². The third-order valence-electron chi connectivity index (χ3n) is 4.57. The molecule has 0 saturated carbocycles. The van der Waals surface area contributed by atoms with Crippen molar-refractivity contribution in [2.24, 2.45) is 11.3 Å². The van der Waals surface area contributed by atoms with Crippen molar-refractivity contribution in [3.05, 3.63) is 35.6 Å². The number of carbonyl (C=O) groups excluding carboxylic acids is 1. The number of hydrogen-bond donors (Lipinski definition) is 1. The van der Waals surface area contributed by atoms with Crippen molar-refractivity contribution in [2.75, 3.05) is 39.1 Å². The maximum absolute atomic E-state index is 13.3. The molecule has 23 heavy (non-hydrogen) atoms. The molecule has 2 atom stereocenters. The number of nitrogens with zero attached hydrogens (tertiary/aromatic N) is 1. The predicted octanol–water partition coefficient (Wildman–Crippen LogP) is 0.464. The van der Waals surface area contributed by atoms with Crippen LogP contribution in [0, 0.1) is 17.2 Å². The smallest absolute Gasteiger partial charge is 0.253 e. The van der Waals surface area contributed by atoms with Crippen molar-refractivity contribution in [1.29, 1.82) is 0 Å². The maximum atomic E-state index is 13.3. The van der Waals surface area contributed by atoms with Crippen LogP contribution in [-0.2, 0) is 14.8 Å². The number of fused-ring (bicyclic) bond motifs is 1. The zero-order chi connectivity index (χ0) is 16.7. The highest BCUT2D eigenvalue weighted by Gasteiger charge is 2.52. The summed E-state index contributed by atoms with van der Waals surface area (Å²) in [5.41, 5.74) is -0.108. The molecular weight excluding hydrogens is 323 g/mol. The van der Waals surface area contributed by atoms with Crippen LogP contribution in [0.2, 0.25) is 0 Å². The summed E-state index contributed by atoms with van der Waals surface area (Å²) in [4.78, 5) is 14.2. The average Bonchev–Trinajstić information content (AvgIpc) is 3.00. The largest absolute Gasteiger partial charge is 0.380 e. The summed E-state index contributed by atoms with van der Waals surface area (Å²) in [6.45, 7) is 2.03. The highest BCUT2D eigenvalue weighted by atomic mass is 32.2. The van der Waals surface area contributed by atoms with Crippen LogP contribution < -0.4 is 4.72 Å². The van der Waals surface area contributed by atoms with Crippen LogP contribution in [0.1, 0.15) is 10.4 Å². The summed E-state index contributed by atoms with van der Waals surface area (Å²) in [5, 5.41) is 0. The summed E-state index contributed by atoms with van der Waals surface area (Å²) in [6.07, 6.45) is 1.11. The second-order valence-electron chi connectivity index (χ2n) is 6.36. The minimum Gasteiger partial charge on any atom is -0.380 e. The highest BCUT2D eigenvalue weighted by molar-refractivity contribution is 7.88. The van der Waals surface area contributed by atoms with E-state index in [0.717, 1.165) is 6.26 Å². The van der Waals surface area contributed by atoms with Crippen LogP contribution in [0.3, 0.4) is 0 Å². The van der Waals surface area contributed by atoms with Gasteiger partial charge in [0.05, 0.1) is 19.5 Å². The molecule has 0 radical (unpaired) electrons. The first-order chi connectivity index (χ1) is 10.8. The average molecular weight is 342 g/mol. The van der Waals surface area contributed by atoms with Gasteiger partial charge in [-0.1, -0.05) is 6.07 Å². The molecule has 8 heteroatoms. The normalized spacial score (nSPS) is 27.2. The van der Waals surface area contributed by atoms with Crippen LogP contribution >= 0.6 is 0 Å². The fraction of sp³-hybridized carbons (Fsp3) is 0.533. The van der Waals surface area contributed by atoms with Gasteiger partial charge in [0, 0.05) is 36.5 Å². The van der Waals surface area contributed by atoms with Crippen LogP contribution in [0.15, 0.2) is 24.3 Å². The van der Waals surface area contributed by atoms with Gasteiger partial charge in [0.25, 0.3) is 5.91 Å². The van der Waals surface area contributed by atoms with Gasteiger partial charge in [0.1, 0.15) is 5.82 Å². The number of nitrogens with one attached hydrogen (secondary N) is 1. The molecule has 0 unspecified atom stereocenters. The number of sulfonamides is 1. The summed E-state index contributed by atoms with van der Waals surface area (Å²) >= 11 is 0. The molecule has 0 spiro atoms. The molecule has 1 aromatic rings. The Morgan fingerprint density at radius 3 is 3.00 bits per heavy atom. The molecule has 3 rings (SSSR count). The van der Waals surface area contributed by atoms with Crippen LogP contribution in [-0.4, -0.2) is 58.3 Å². The molecule has 2 saturated heterocycles. The van der Waals surface area contributed by atoms with Crippen molar-refractivity contribution < 1.29 is 22.3 Å². The number of amides is 1. The zero-order valence-electron chi connectivity index (χ0n) is 12.8. The Morgan fingerprint density at radius 2 is 2.30 bits per heavy atom. The summed E-state index contributed by atoms with van der Waals surface area (Å²) < 4.78 is 44.1. The molecule has 6 nitrogen and oxygen atoms in total. The van der Waals surface area contributed by atoms with Crippen molar-refractivity contribution in [3.8, 4) is 0 Å². The second-order valence-corrected chi connectivity index (χ2v) is 8.20. The van der Waals surface area contributed by atoms with Crippen LogP contribution in [0.25, 0.3) is 0 Å². The van der Waals surface area contributed by atoms with Gasteiger partial charge in [0.2, 0.25) is 10.0 Å². The Morgan fingerprint density at radius 1 is 1.52 bits per heavy atom. The monoisotopic (exact) mass is 342 g/mol. The minimum absolute atomic E-state index is 0.0780. The van der Waals surface area contributed by atoms with E-state index in [4.69, 9.17) is 4.74 Å². The molecule has 1 aromatic carbocycles. The van der Waals surface area contributed by atoms with Crippen LogP contribution in [0.4, 0.5) is 4.39 Å². The molecule has 126 valence electrons. The second kappa shape index (κ2) is 5.85. The number of likely N-dealkylation sites (tertiary alicyclic amines) is 1. The van der Waals surface area contributed by atoms with Gasteiger partial charge in [-0.05, 0) is 18.2 Å². The number of halogens is 1. The number of rotatable bonds is 4. The molecular formula is C15H19FN2O4S. The molecule has 0 aliphatic carbocycles. The first kappa shape index (κ1) is 16.4. The standard InChI is InChI=1S/C15H19FN2O4S/c1-23(20,21)17-8-15-9-18(6-12(15)7-22-10-15)14(19)11-3-2-4-13(16)5-11/h2-5,12,17H,6-10H2,1H3/t12-,15+/m1/s1. The Bertz CT molecular complexity index is 724. The Hall–Kier alpha value is -1.51. The van der Waals surface area contributed by atoms with Gasteiger partial charge < -0.3 is 9.64 Å². The number of carbonyl (C=O) groups is 1. The molecule has 2 aliphatic rings. The van der Waals surface area contributed by atoms with Crippen molar-refractivity contribution in [2.45, 2.75) is 0 Å². The summed E-state index contributed by atoms with van der Waals surface area (Å²) in [6, 6.07) is 5.59. The fourth-order valence-electron chi connectivity index (χ4n) is 3.32. The zero-order valence-corrected chi connectivity index (χ0v) is 13.6. The van der Waals surface area contributed by atoms with Crippen molar-refractivity contribution in [3.63, 3.8) is 0 Å². The molecule has 1 amide bonds. The predicted molar refractivity (Wildman–Crippen MR) is 81.9 cm³/mol. The highest BCUT2D eigenvalue weighted by Crippen LogP contribution is 2.41. The summed E-state index contributed by atoms with van der Waals surface area (Å²) in [7, 11) is -3.31. The number of ether oxygens (including phenoxy) is 1. The van der Waals surface area contributed by atoms with E-state index in [2.05, 4.69) is 4.72 Å². The molecule has 0 bridgehead atoms. The van der Waals surface area contributed by atoms with E-state index >= 15 is 0 Å². The molecule has 0 aromatic heterocycles. The first-order valence-electron chi connectivity index (χ1n) is 7.36. The lowest BCUT2D eigenvalue weighted by Gasteiger charge is -2.27. The Kier molecular flexibility index (Phi) is 4.16. The Labute approximate surface area is 134 Å². The maximum Gasteiger partial charge on any atom is 0.253 e. The van der Waals surface area contributed by atoms with Gasteiger partial charge in [-0.2, -0.15) is 0 Å². The third kappa shape index (κ3) is 3.39. The van der Waals surface area contributed by atoms with Gasteiger partial charge in [-0.15, -0.1) is 0 Å².